The zero-order valence-corrected chi connectivity index (χ0v) is 34.4. The van der Waals surface area contributed by atoms with Crippen LogP contribution in [0, 0.1) is 0 Å². The summed E-state index contributed by atoms with van der Waals surface area (Å²) in [6, 6.07) is 84.4. The number of para-hydroxylation sites is 1. The van der Waals surface area contributed by atoms with E-state index in [0.717, 1.165) is 66.8 Å². The van der Waals surface area contributed by atoms with Gasteiger partial charge in [0.25, 0.3) is 0 Å². The summed E-state index contributed by atoms with van der Waals surface area (Å²) in [5, 5.41) is 3.45. The van der Waals surface area contributed by atoms with Crippen LogP contribution in [0.25, 0.3) is 89.1 Å². The molecule has 3 nitrogen and oxygen atoms in total. The molecule has 0 atom stereocenters. The summed E-state index contributed by atoms with van der Waals surface area (Å²) < 4.78 is 0. The Hall–Kier alpha value is -8.27. The molecule has 0 N–H and O–H groups in total. The molecule has 0 bridgehead atoms. The Morgan fingerprint density at radius 1 is 0.302 bits per heavy atom. The van der Waals surface area contributed by atoms with Crippen LogP contribution in [0.1, 0.15) is 22.3 Å². The Balaban J connectivity index is 1.18. The first-order valence-corrected chi connectivity index (χ1v) is 21.5. The lowest BCUT2D eigenvalue weighted by Gasteiger charge is -2.34. The van der Waals surface area contributed by atoms with E-state index in [2.05, 4.69) is 218 Å². The lowest BCUT2D eigenvalue weighted by molar-refractivity contribution is 0.769. The van der Waals surface area contributed by atoms with Gasteiger partial charge in [0.1, 0.15) is 0 Å². The molecule has 1 aliphatic rings. The molecule has 294 valence electrons. The summed E-state index contributed by atoms with van der Waals surface area (Å²) in [7, 11) is 0. The summed E-state index contributed by atoms with van der Waals surface area (Å²) in [4.78, 5) is 16.4. The number of fused-ring (bicyclic) bond motifs is 7. The fraction of sp³-hybridized carbons (Fsp3) is 0.0167. The van der Waals surface area contributed by atoms with Gasteiger partial charge in [-0.15, -0.1) is 0 Å². The second-order valence-corrected chi connectivity index (χ2v) is 16.2. The van der Waals surface area contributed by atoms with Crippen molar-refractivity contribution >= 4 is 21.7 Å². The first kappa shape index (κ1) is 36.6. The molecule has 2 aromatic heterocycles. The average Bonchev–Trinajstić information content (AvgIpc) is 3.68. The lowest BCUT2D eigenvalue weighted by atomic mass is 9.67. The topological polar surface area (TPSA) is 38.7 Å². The second kappa shape index (κ2) is 15.0. The van der Waals surface area contributed by atoms with Gasteiger partial charge in [0, 0.05) is 38.6 Å². The van der Waals surface area contributed by atoms with Crippen molar-refractivity contribution in [2.75, 3.05) is 0 Å². The van der Waals surface area contributed by atoms with Crippen LogP contribution in [-0.2, 0) is 5.41 Å². The molecule has 0 fully saturated rings. The highest BCUT2D eigenvalue weighted by atomic mass is 14.9. The minimum Gasteiger partial charge on any atom is -0.247 e. The standard InChI is InChI=1S/C60H39N3/c1-6-21-40(22-7-1)56-53(57(41-23-8-2-9-24-41)63-59(62-56)42-25-10-3-11-26-42)43-27-20-28-44(39-43)58-55-48(47-33-17-19-36-52(47)61-58)37-38-51-54(55)49-34-16-18-35-50(49)60(51,45-29-12-4-13-30-45)46-31-14-5-15-32-46/h1-39H. The van der Waals surface area contributed by atoms with E-state index < -0.39 is 5.41 Å². The van der Waals surface area contributed by atoms with Crippen LogP contribution in [-0.4, -0.2) is 15.0 Å². The van der Waals surface area contributed by atoms with Gasteiger partial charge in [-0.25, -0.2) is 15.0 Å². The van der Waals surface area contributed by atoms with Crippen molar-refractivity contribution in [2.24, 2.45) is 0 Å². The summed E-state index contributed by atoms with van der Waals surface area (Å²) in [6.45, 7) is 0. The highest BCUT2D eigenvalue weighted by Crippen LogP contribution is 2.59. The van der Waals surface area contributed by atoms with Crippen molar-refractivity contribution in [1.29, 1.82) is 0 Å². The molecule has 0 amide bonds. The molecule has 0 spiro atoms. The highest BCUT2D eigenvalue weighted by molar-refractivity contribution is 6.18. The maximum Gasteiger partial charge on any atom is 0.160 e. The quantitative estimate of drug-likeness (QED) is 0.151. The maximum absolute atomic E-state index is 5.64. The minimum absolute atomic E-state index is 0.541. The molecular weight excluding hydrogens is 763 g/mol. The van der Waals surface area contributed by atoms with E-state index >= 15 is 0 Å². The van der Waals surface area contributed by atoms with Gasteiger partial charge in [-0.3, -0.25) is 0 Å². The van der Waals surface area contributed by atoms with Crippen LogP contribution in [0.4, 0.5) is 0 Å². The molecule has 1 aliphatic carbocycles. The van der Waals surface area contributed by atoms with Gasteiger partial charge in [0.05, 0.1) is 28.0 Å². The maximum atomic E-state index is 5.64. The Bertz CT molecular complexity index is 3380. The molecule has 2 heterocycles. The van der Waals surface area contributed by atoms with Gasteiger partial charge in [-0.1, -0.05) is 224 Å². The van der Waals surface area contributed by atoms with E-state index in [1.165, 1.54) is 38.8 Å². The van der Waals surface area contributed by atoms with E-state index in [0.29, 0.717) is 5.82 Å². The molecule has 63 heavy (non-hydrogen) atoms. The minimum atomic E-state index is -0.541. The van der Waals surface area contributed by atoms with Crippen molar-refractivity contribution in [3.63, 3.8) is 0 Å². The normalized spacial score (nSPS) is 12.6. The van der Waals surface area contributed by atoms with E-state index in [-0.39, 0.29) is 0 Å². The third kappa shape index (κ3) is 5.85. The van der Waals surface area contributed by atoms with E-state index in [4.69, 9.17) is 15.0 Å². The van der Waals surface area contributed by atoms with Crippen LogP contribution in [0.3, 0.4) is 0 Å². The van der Waals surface area contributed by atoms with Gasteiger partial charge >= 0.3 is 0 Å². The fourth-order valence-corrected chi connectivity index (χ4v) is 10.1. The van der Waals surface area contributed by atoms with Gasteiger partial charge in [-0.2, -0.15) is 0 Å². The molecule has 12 rings (SSSR count). The molecule has 9 aromatic carbocycles. The Kier molecular flexibility index (Phi) is 8.72. The fourth-order valence-electron chi connectivity index (χ4n) is 10.1. The molecular formula is C60H39N3. The Labute approximate surface area is 366 Å². The van der Waals surface area contributed by atoms with Crippen LogP contribution in [0.2, 0.25) is 0 Å². The molecule has 0 saturated carbocycles. The van der Waals surface area contributed by atoms with Gasteiger partial charge in [0.15, 0.2) is 5.82 Å². The molecule has 0 unspecified atom stereocenters. The molecule has 0 saturated heterocycles. The smallest absolute Gasteiger partial charge is 0.160 e. The number of benzene rings is 9. The van der Waals surface area contributed by atoms with Crippen molar-refractivity contribution < 1.29 is 0 Å². The highest BCUT2D eigenvalue weighted by Gasteiger charge is 2.47. The van der Waals surface area contributed by atoms with Crippen LogP contribution < -0.4 is 0 Å². The lowest BCUT2D eigenvalue weighted by Crippen LogP contribution is -2.28. The number of rotatable bonds is 7. The second-order valence-electron chi connectivity index (χ2n) is 16.2. The van der Waals surface area contributed by atoms with E-state index in [1.54, 1.807) is 0 Å². The summed E-state index contributed by atoms with van der Waals surface area (Å²) in [5.41, 5.74) is 16.6. The zero-order valence-electron chi connectivity index (χ0n) is 34.4. The number of nitrogens with zero attached hydrogens (tertiary/aromatic N) is 3. The predicted molar refractivity (Wildman–Crippen MR) is 259 cm³/mol. The average molecular weight is 802 g/mol. The number of pyridine rings is 1. The molecule has 11 aromatic rings. The van der Waals surface area contributed by atoms with E-state index in [9.17, 15) is 0 Å². The monoisotopic (exact) mass is 801 g/mol. The first-order chi connectivity index (χ1) is 31.3. The van der Waals surface area contributed by atoms with Crippen molar-refractivity contribution in [3.8, 4) is 67.4 Å². The summed E-state index contributed by atoms with van der Waals surface area (Å²) in [6.07, 6.45) is 0. The molecule has 0 radical (unpaired) electrons. The number of hydrogen-bond donors (Lipinski definition) is 0. The SMILES string of the molecule is c1ccc(-c2nc(-c3ccccc3)c(-c3cccc(-c4nc5ccccc5c5ccc6c(c45)-c4ccccc4C6(c4ccccc4)c4ccccc4)c3)c(-c3ccccc3)n2)cc1. The largest absolute Gasteiger partial charge is 0.247 e. The third-order valence-corrected chi connectivity index (χ3v) is 12.7. The van der Waals surface area contributed by atoms with Crippen molar-refractivity contribution in [3.05, 3.63) is 259 Å². The first-order valence-electron chi connectivity index (χ1n) is 21.5. The zero-order chi connectivity index (χ0) is 41.7. The molecule has 3 heteroatoms. The van der Waals surface area contributed by atoms with Gasteiger partial charge < -0.3 is 0 Å². The van der Waals surface area contributed by atoms with Crippen LogP contribution >= 0.6 is 0 Å². The van der Waals surface area contributed by atoms with Gasteiger partial charge in [-0.05, 0) is 56.5 Å². The Morgan fingerprint density at radius 3 is 1.44 bits per heavy atom. The molecule has 0 aliphatic heterocycles. The van der Waals surface area contributed by atoms with E-state index in [1.807, 2.05) is 18.2 Å². The van der Waals surface area contributed by atoms with Crippen molar-refractivity contribution in [1.82, 2.24) is 15.0 Å². The predicted octanol–water partition coefficient (Wildman–Crippen LogP) is 14.9. The van der Waals surface area contributed by atoms with Crippen LogP contribution in [0.5, 0.6) is 0 Å². The van der Waals surface area contributed by atoms with Gasteiger partial charge in [0.2, 0.25) is 0 Å². The Morgan fingerprint density at radius 2 is 0.810 bits per heavy atom. The summed E-state index contributed by atoms with van der Waals surface area (Å²) in [5.74, 6) is 0.685. The van der Waals surface area contributed by atoms with Crippen molar-refractivity contribution in [2.45, 2.75) is 5.41 Å². The third-order valence-electron chi connectivity index (χ3n) is 12.7. The van der Waals surface area contributed by atoms with Crippen LogP contribution in [0.15, 0.2) is 237 Å². The number of aromatic nitrogens is 3. The summed E-state index contributed by atoms with van der Waals surface area (Å²) >= 11 is 0. The number of hydrogen-bond acceptors (Lipinski definition) is 3.